The summed E-state index contributed by atoms with van der Waals surface area (Å²) in [5, 5.41) is 0. The maximum Gasteiger partial charge on any atom is 0.123 e. The van der Waals surface area contributed by atoms with Gasteiger partial charge in [0.1, 0.15) is 6.29 Å². The Morgan fingerprint density at radius 2 is 2.10 bits per heavy atom. The molecule has 0 aliphatic carbocycles. The largest absolute Gasteiger partial charge is 0.303 e. The van der Waals surface area contributed by atoms with Gasteiger partial charge in [-0.25, -0.2) is 0 Å². The third kappa shape index (κ3) is 2.01. The normalized spacial score (nSPS) is 24.1. The van der Waals surface area contributed by atoms with E-state index in [1.54, 1.807) is 0 Å². The van der Waals surface area contributed by atoms with Gasteiger partial charge in [-0.2, -0.15) is 11.8 Å². The van der Waals surface area contributed by atoms with E-state index in [-0.39, 0.29) is 0 Å². The summed E-state index contributed by atoms with van der Waals surface area (Å²) in [6, 6.07) is 0. The third-order valence-corrected chi connectivity index (χ3v) is 3.27. The molecular formula is C8H14OS. The lowest BCUT2D eigenvalue weighted by Gasteiger charge is -2.23. The van der Waals surface area contributed by atoms with E-state index in [2.05, 4.69) is 0 Å². The zero-order valence-electron chi connectivity index (χ0n) is 6.38. The van der Waals surface area contributed by atoms with Crippen LogP contribution in [0, 0.1) is 11.8 Å². The molecule has 58 valence electrons. The second kappa shape index (κ2) is 4.02. The summed E-state index contributed by atoms with van der Waals surface area (Å²) < 4.78 is 0. The van der Waals surface area contributed by atoms with Gasteiger partial charge in [-0.15, -0.1) is 0 Å². The Kier molecular flexibility index (Phi) is 3.26. The molecule has 1 nitrogen and oxygen atoms in total. The average Bonchev–Trinajstić information content (AvgIpc) is 2.05. The van der Waals surface area contributed by atoms with Gasteiger partial charge >= 0.3 is 0 Å². The van der Waals surface area contributed by atoms with Crippen LogP contribution in [0.1, 0.15) is 19.8 Å². The molecule has 10 heavy (non-hydrogen) atoms. The minimum atomic E-state index is 0.292. The van der Waals surface area contributed by atoms with E-state index in [9.17, 15) is 4.79 Å². The van der Waals surface area contributed by atoms with E-state index in [1.165, 1.54) is 24.3 Å². The molecule has 1 atom stereocenters. The molecule has 1 rings (SSSR count). The quantitative estimate of drug-likeness (QED) is 0.571. The van der Waals surface area contributed by atoms with Crippen molar-refractivity contribution >= 4 is 18.0 Å². The first kappa shape index (κ1) is 8.12. The van der Waals surface area contributed by atoms with Crippen LogP contribution in [0.15, 0.2) is 0 Å². The molecule has 0 bridgehead atoms. The van der Waals surface area contributed by atoms with Crippen LogP contribution < -0.4 is 0 Å². The van der Waals surface area contributed by atoms with Gasteiger partial charge in [0.05, 0.1) is 0 Å². The molecule has 0 amide bonds. The summed E-state index contributed by atoms with van der Waals surface area (Å²) in [5.74, 6) is 3.48. The van der Waals surface area contributed by atoms with E-state index >= 15 is 0 Å². The van der Waals surface area contributed by atoms with Gasteiger partial charge in [-0.3, -0.25) is 0 Å². The minimum Gasteiger partial charge on any atom is -0.303 e. The van der Waals surface area contributed by atoms with Crippen molar-refractivity contribution in [2.45, 2.75) is 19.8 Å². The summed E-state index contributed by atoms with van der Waals surface area (Å²) >= 11 is 2.01. The fourth-order valence-electron chi connectivity index (χ4n) is 1.35. The van der Waals surface area contributed by atoms with Gasteiger partial charge in [0.2, 0.25) is 0 Å². The lowest BCUT2D eigenvalue weighted by molar-refractivity contribution is -0.112. The molecule has 0 spiro atoms. The first-order valence-electron chi connectivity index (χ1n) is 3.87. The Labute approximate surface area is 66.6 Å². The molecule has 0 aromatic carbocycles. The Bertz CT molecular complexity index is 108. The van der Waals surface area contributed by atoms with E-state index in [0.29, 0.717) is 11.8 Å². The first-order valence-corrected chi connectivity index (χ1v) is 5.03. The van der Waals surface area contributed by atoms with Crippen LogP contribution >= 0.6 is 11.8 Å². The highest BCUT2D eigenvalue weighted by molar-refractivity contribution is 7.99. The molecule has 1 fully saturated rings. The SMILES string of the molecule is CC(C=O)C1CCSCC1. The number of carbonyl (C=O) groups excluding carboxylic acids is 1. The van der Waals surface area contributed by atoms with Gasteiger partial charge in [0.15, 0.2) is 0 Å². The second-order valence-electron chi connectivity index (χ2n) is 2.95. The molecular weight excluding hydrogens is 144 g/mol. The Balaban J connectivity index is 2.30. The van der Waals surface area contributed by atoms with Crippen molar-refractivity contribution in [1.29, 1.82) is 0 Å². The molecule has 0 aromatic heterocycles. The van der Waals surface area contributed by atoms with Crippen molar-refractivity contribution in [3.63, 3.8) is 0 Å². The number of carbonyl (C=O) groups is 1. The molecule has 1 heterocycles. The molecule has 1 aliphatic rings. The second-order valence-corrected chi connectivity index (χ2v) is 4.17. The number of rotatable bonds is 2. The summed E-state index contributed by atoms with van der Waals surface area (Å²) in [7, 11) is 0. The minimum absolute atomic E-state index is 0.292. The summed E-state index contributed by atoms with van der Waals surface area (Å²) in [6.45, 7) is 2.04. The molecule has 1 saturated heterocycles. The van der Waals surface area contributed by atoms with Crippen LogP contribution in [-0.2, 0) is 4.79 Å². The summed E-state index contributed by atoms with van der Waals surface area (Å²) in [5.41, 5.74) is 0. The lowest BCUT2D eigenvalue weighted by atomic mass is 9.90. The van der Waals surface area contributed by atoms with Crippen LogP contribution in [0.3, 0.4) is 0 Å². The van der Waals surface area contributed by atoms with Crippen LogP contribution in [-0.4, -0.2) is 17.8 Å². The number of hydrogen-bond donors (Lipinski definition) is 0. The Morgan fingerprint density at radius 1 is 1.50 bits per heavy atom. The molecule has 1 unspecified atom stereocenters. The Hall–Kier alpha value is 0.0200. The van der Waals surface area contributed by atoms with Crippen molar-refractivity contribution in [3.05, 3.63) is 0 Å². The number of thioether (sulfide) groups is 1. The molecule has 0 radical (unpaired) electrons. The monoisotopic (exact) mass is 158 g/mol. The van der Waals surface area contributed by atoms with Gasteiger partial charge in [-0.1, -0.05) is 6.92 Å². The van der Waals surface area contributed by atoms with Crippen molar-refractivity contribution in [3.8, 4) is 0 Å². The topological polar surface area (TPSA) is 17.1 Å². The van der Waals surface area contributed by atoms with E-state index in [4.69, 9.17) is 0 Å². The third-order valence-electron chi connectivity index (χ3n) is 2.22. The maximum atomic E-state index is 10.4. The smallest absolute Gasteiger partial charge is 0.123 e. The van der Waals surface area contributed by atoms with E-state index in [0.717, 1.165) is 6.29 Å². The van der Waals surface area contributed by atoms with Gasteiger partial charge < -0.3 is 4.79 Å². The summed E-state index contributed by atoms with van der Waals surface area (Å²) in [4.78, 5) is 10.4. The zero-order chi connectivity index (χ0) is 7.40. The maximum absolute atomic E-state index is 10.4. The van der Waals surface area contributed by atoms with Crippen LogP contribution in [0.4, 0.5) is 0 Å². The number of hydrogen-bond acceptors (Lipinski definition) is 2. The fourth-order valence-corrected chi connectivity index (χ4v) is 2.50. The Morgan fingerprint density at radius 3 is 2.60 bits per heavy atom. The molecule has 0 N–H and O–H groups in total. The highest BCUT2D eigenvalue weighted by atomic mass is 32.2. The predicted molar refractivity (Wildman–Crippen MR) is 45.3 cm³/mol. The molecule has 0 saturated carbocycles. The van der Waals surface area contributed by atoms with Crippen LogP contribution in [0.25, 0.3) is 0 Å². The highest BCUT2D eigenvalue weighted by Crippen LogP contribution is 2.27. The van der Waals surface area contributed by atoms with Crippen molar-refractivity contribution in [1.82, 2.24) is 0 Å². The van der Waals surface area contributed by atoms with Crippen molar-refractivity contribution in [2.75, 3.05) is 11.5 Å². The average molecular weight is 158 g/mol. The first-order chi connectivity index (χ1) is 4.84. The van der Waals surface area contributed by atoms with Gasteiger partial charge in [0, 0.05) is 5.92 Å². The van der Waals surface area contributed by atoms with Crippen molar-refractivity contribution in [2.24, 2.45) is 11.8 Å². The number of aldehydes is 1. The fraction of sp³-hybridized carbons (Fsp3) is 0.875. The van der Waals surface area contributed by atoms with Crippen LogP contribution in [0.2, 0.25) is 0 Å². The van der Waals surface area contributed by atoms with E-state index in [1.807, 2.05) is 18.7 Å². The molecule has 2 heteroatoms. The zero-order valence-corrected chi connectivity index (χ0v) is 7.19. The van der Waals surface area contributed by atoms with E-state index < -0.39 is 0 Å². The highest BCUT2D eigenvalue weighted by Gasteiger charge is 2.18. The lowest BCUT2D eigenvalue weighted by Crippen LogP contribution is -2.18. The van der Waals surface area contributed by atoms with Crippen LogP contribution in [0.5, 0.6) is 0 Å². The standard InChI is InChI=1S/C8H14OS/c1-7(6-9)8-2-4-10-5-3-8/h6-8H,2-5H2,1H3. The predicted octanol–water partition coefficient (Wildman–Crippen LogP) is 1.96. The molecule has 0 aromatic rings. The van der Waals surface area contributed by atoms with Gasteiger partial charge in [-0.05, 0) is 30.3 Å². The molecule has 1 aliphatic heterocycles. The van der Waals surface area contributed by atoms with Crippen molar-refractivity contribution < 1.29 is 4.79 Å². The van der Waals surface area contributed by atoms with Gasteiger partial charge in [0.25, 0.3) is 0 Å². The summed E-state index contributed by atoms with van der Waals surface area (Å²) in [6.07, 6.45) is 3.58.